The van der Waals surface area contributed by atoms with Crippen LogP contribution in [0.15, 0.2) is 41.3 Å². The number of carbonyl (C=O) groups excluding carboxylic acids is 1. The molecular formula is C17H19ClN2O4S. The fourth-order valence-electron chi connectivity index (χ4n) is 2.15. The molecule has 2 N–H and O–H groups in total. The molecule has 0 radical (unpaired) electrons. The molecule has 0 aliphatic heterocycles. The van der Waals surface area contributed by atoms with Crippen molar-refractivity contribution in [1.29, 1.82) is 0 Å². The van der Waals surface area contributed by atoms with Crippen LogP contribution < -0.4 is 14.8 Å². The molecule has 0 saturated heterocycles. The standard InChI is InChI=1S/C17H19ClN2O4S/c1-4-24-17-8-7-14(10-16(17)19-12(3)21)25(22,23)20-15-9-13(18)6-5-11(15)2/h5-10,20H,4H2,1-3H3,(H,19,21). The first-order chi connectivity index (χ1) is 11.7. The van der Waals surface area contributed by atoms with Gasteiger partial charge in [-0.15, -0.1) is 0 Å². The fourth-order valence-corrected chi connectivity index (χ4v) is 3.47. The van der Waals surface area contributed by atoms with Crippen molar-refractivity contribution in [2.24, 2.45) is 0 Å². The summed E-state index contributed by atoms with van der Waals surface area (Å²) in [6.45, 7) is 5.30. The van der Waals surface area contributed by atoms with Crippen molar-refractivity contribution in [2.45, 2.75) is 25.7 Å². The lowest BCUT2D eigenvalue weighted by molar-refractivity contribution is -0.114. The summed E-state index contributed by atoms with van der Waals surface area (Å²) >= 11 is 5.93. The first-order valence-corrected chi connectivity index (χ1v) is 9.42. The first-order valence-electron chi connectivity index (χ1n) is 7.56. The van der Waals surface area contributed by atoms with Gasteiger partial charge in [0.15, 0.2) is 0 Å². The summed E-state index contributed by atoms with van der Waals surface area (Å²) in [5.74, 6) is 0.0738. The van der Waals surface area contributed by atoms with Crippen molar-refractivity contribution in [2.75, 3.05) is 16.6 Å². The third kappa shape index (κ3) is 4.87. The zero-order valence-electron chi connectivity index (χ0n) is 14.1. The Balaban J connectivity index is 2.41. The smallest absolute Gasteiger partial charge is 0.261 e. The van der Waals surface area contributed by atoms with Crippen molar-refractivity contribution < 1.29 is 17.9 Å². The SMILES string of the molecule is CCOc1ccc(S(=O)(=O)Nc2cc(Cl)ccc2C)cc1NC(C)=O. The molecule has 0 fully saturated rings. The Morgan fingerprint density at radius 3 is 2.52 bits per heavy atom. The van der Waals surface area contributed by atoms with Gasteiger partial charge in [0, 0.05) is 11.9 Å². The van der Waals surface area contributed by atoms with Gasteiger partial charge < -0.3 is 10.1 Å². The molecule has 0 heterocycles. The minimum Gasteiger partial charge on any atom is -0.492 e. The van der Waals surface area contributed by atoms with Gasteiger partial charge in [-0.25, -0.2) is 8.42 Å². The van der Waals surface area contributed by atoms with E-state index in [2.05, 4.69) is 10.0 Å². The van der Waals surface area contributed by atoms with Crippen molar-refractivity contribution in [1.82, 2.24) is 0 Å². The molecule has 0 bridgehead atoms. The van der Waals surface area contributed by atoms with Gasteiger partial charge in [-0.1, -0.05) is 17.7 Å². The molecule has 0 aliphatic carbocycles. The second-order valence-electron chi connectivity index (χ2n) is 5.34. The molecule has 0 aromatic heterocycles. The highest BCUT2D eigenvalue weighted by Crippen LogP contribution is 2.30. The number of amides is 1. The largest absolute Gasteiger partial charge is 0.492 e. The molecule has 2 aromatic rings. The monoisotopic (exact) mass is 382 g/mol. The van der Waals surface area contributed by atoms with E-state index in [0.717, 1.165) is 5.56 Å². The number of nitrogens with one attached hydrogen (secondary N) is 2. The van der Waals surface area contributed by atoms with Gasteiger partial charge in [-0.2, -0.15) is 0 Å². The molecule has 0 saturated carbocycles. The number of ether oxygens (including phenoxy) is 1. The molecule has 2 rings (SSSR count). The molecule has 2 aromatic carbocycles. The molecule has 0 spiro atoms. The molecule has 0 aliphatic rings. The minimum absolute atomic E-state index is 0.000853. The van der Waals surface area contributed by atoms with Gasteiger partial charge in [-0.3, -0.25) is 9.52 Å². The van der Waals surface area contributed by atoms with Gasteiger partial charge >= 0.3 is 0 Å². The lowest BCUT2D eigenvalue weighted by atomic mass is 10.2. The topological polar surface area (TPSA) is 84.5 Å². The van der Waals surface area contributed by atoms with Crippen LogP contribution in [0.1, 0.15) is 19.4 Å². The van der Waals surface area contributed by atoms with Crippen LogP contribution in [0.2, 0.25) is 5.02 Å². The average Bonchev–Trinajstić information content (AvgIpc) is 2.52. The number of hydrogen-bond acceptors (Lipinski definition) is 4. The van der Waals surface area contributed by atoms with Crippen LogP contribution in [0.5, 0.6) is 5.75 Å². The number of anilines is 2. The lowest BCUT2D eigenvalue weighted by Gasteiger charge is -2.14. The fraction of sp³-hybridized carbons (Fsp3) is 0.235. The quantitative estimate of drug-likeness (QED) is 0.795. The van der Waals surface area contributed by atoms with E-state index < -0.39 is 10.0 Å². The Morgan fingerprint density at radius 1 is 1.16 bits per heavy atom. The van der Waals surface area contributed by atoms with Gasteiger partial charge in [0.25, 0.3) is 10.0 Å². The molecule has 134 valence electrons. The highest BCUT2D eigenvalue weighted by Gasteiger charge is 2.18. The highest BCUT2D eigenvalue weighted by atomic mass is 35.5. The second kappa shape index (κ2) is 7.76. The number of benzene rings is 2. The van der Waals surface area contributed by atoms with E-state index in [1.165, 1.54) is 31.2 Å². The maximum Gasteiger partial charge on any atom is 0.261 e. The maximum atomic E-state index is 12.7. The molecule has 6 nitrogen and oxygen atoms in total. The Labute approximate surface area is 152 Å². The molecular weight excluding hydrogens is 364 g/mol. The van der Waals surface area contributed by atoms with Crippen LogP contribution in [0, 0.1) is 6.92 Å². The molecule has 8 heteroatoms. The Bertz CT molecular complexity index is 898. The lowest BCUT2D eigenvalue weighted by Crippen LogP contribution is -2.15. The van der Waals surface area contributed by atoms with Crippen molar-refractivity contribution in [3.63, 3.8) is 0 Å². The first kappa shape index (κ1) is 19.1. The molecule has 0 atom stereocenters. The van der Waals surface area contributed by atoms with E-state index in [4.69, 9.17) is 16.3 Å². The summed E-state index contributed by atoms with van der Waals surface area (Å²) in [6.07, 6.45) is 0. The van der Waals surface area contributed by atoms with E-state index >= 15 is 0 Å². The van der Waals surface area contributed by atoms with Gasteiger partial charge in [0.1, 0.15) is 5.75 Å². The van der Waals surface area contributed by atoms with E-state index in [1.54, 1.807) is 26.0 Å². The zero-order chi connectivity index (χ0) is 18.6. The van der Waals surface area contributed by atoms with Crippen LogP contribution in [0.4, 0.5) is 11.4 Å². The number of sulfonamides is 1. The van der Waals surface area contributed by atoms with Crippen molar-refractivity contribution in [3.8, 4) is 5.75 Å². The number of carbonyl (C=O) groups is 1. The molecule has 1 amide bonds. The predicted molar refractivity (Wildman–Crippen MR) is 98.9 cm³/mol. The summed E-state index contributed by atoms with van der Waals surface area (Å²) < 4.78 is 33.3. The van der Waals surface area contributed by atoms with E-state index in [1.807, 2.05) is 0 Å². The van der Waals surface area contributed by atoms with Crippen molar-refractivity contribution >= 4 is 38.9 Å². The summed E-state index contributed by atoms with van der Waals surface area (Å²) in [5.41, 5.74) is 1.42. The average molecular weight is 383 g/mol. The molecule has 25 heavy (non-hydrogen) atoms. The van der Waals surface area contributed by atoms with Crippen LogP contribution in [0.25, 0.3) is 0 Å². The highest BCUT2D eigenvalue weighted by molar-refractivity contribution is 7.92. The van der Waals surface area contributed by atoms with Crippen LogP contribution in [-0.2, 0) is 14.8 Å². The summed E-state index contributed by atoms with van der Waals surface area (Å²) in [5, 5.41) is 3.00. The van der Waals surface area contributed by atoms with Gasteiger partial charge in [0.05, 0.1) is 22.9 Å². The van der Waals surface area contributed by atoms with E-state index in [9.17, 15) is 13.2 Å². The summed E-state index contributed by atoms with van der Waals surface area (Å²) in [4.78, 5) is 11.4. The summed E-state index contributed by atoms with van der Waals surface area (Å²) in [7, 11) is -3.86. The Kier molecular flexibility index (Phi) is 5.92. The maximum absolute atomic E-state index is 12.7. The molecule has 0 unspecified atom stereocenters. The zero-order valence-corrected chi connectivity index (χ0v) is 15.7. The predicted octanol–water partition coefficient (Wildman–Crippen LogP) is 3.81. The van der Waals surface area contributed by atoms with Crippen LogP contribution in [-0.4, -0.2) is 20.9 Å². The normalized spacial score (nSPS) is 11.0. The number of rotatable bonds is 6. The Hall–Kier alpha value is -2.25. The number of halogens is 1. The summed E-state index contributed by atoms with van der Waals surface area (Å²) in [6, 6.07) is 9.22. The number of hydrogen-bond donors (Lipinski definition) is 2. The third-order valence-electron chi connectivity index (χ3n) is 3.32. The van der Waals surface area contributed by atoms with Gasteiger partial charge in [0.2, 0.25) is 5.91 Å². The third-order valence-corrected chi connectivity index (χ3v) is 4.91. The van der Waals surface area contributed by atoms with Crippen LogP contribution in [0.3, 0.4) is 0 Å². The number of aryl methyl sites for hydroxylation is 1. The van der Waals surface area contributed by atoms with E-state index in [0.29, 0.717) is 28.8 Å². The minimum atomic E-state index is -3.86. The van der Waals surface area contributed by atoms with Gasteiger partial charge in [-0.05, 0) is 49.7 Å². The van der Waals surface area contributed by atoms with E-state index in [-0.39, 0.29) is 10.8 Å². The van der Waals surface area contributed by atoms with Crippen molar-refractivity contribution in [3.05, 3.63) is 47.0 Å². The Morgan fingerprint density at radius 2 is 1.88 bits per heavy atom. The van der Waals surface area contributed by atoms with Crippen LogP contribution >= 0.6 is 11.6 Å². The second-order valence-corrected chi connectivity index (χ2v) is 7.46.